The Balaban J connectivity index is 1.66. The molecule has 23 heavy (non-hydrogen) atoms. The smallest absolute Gasteiger partial charge is 0.141 e. The molecule has 0 spiro atoms. The monoisotopic (exact) mass is 310 g/mol. The zero-order valence-corrected chi connectivity index (χ0v) is 14.0. The number of hydrogen-bond donors (Lipinski definition) is 1. The second-order valence-electron chi connectivity index (χ2n) is 6.45. The molecule has 0 bridgehead atoms. The lowest BCUT2D eigenvalue weighted by Crippen LogP contribution is -2.53. The van der Waals surface area contributed by atoms with E-state index in [4.69, 9.17) is 4.74 Å². The molecule has 1 saturated heterocycles. The van der Waals surface area contributed by atoms with Crippen LogP contribution in [0.3, 0.4) is 0 Å². The summed E-state index contributed by atoms with van der Waals surface area (Å²) in [6.07, 6.45) is 1.96. The molecule has 2 atom stereocenters. The van der Waals surface area contributed by atoms with Crippen molar-refractivity contribution in [2.45, 2.75) is 38.1 Å². The Kier molecular flexibility index (Phi) is 4.99. The molecule has 0 aliphatic carbocycles. The Morgan fingerprint density at radius 3 is 2.35 bits per heavy atom. The molecular weight excluding hydrogens is 284 g/mol. The number of benzene rings is 2. The lowest BCUT2D eigenvalue weighted by atomic mass is 9.93. The van der Waals surface area contributed by atoms with Crippen LogP contribution in [-0.2, 0) is 11.3 Å². The molecule has 0 amide bonds. The van der Waals surface area contributed by atoms with Crippen molar-refractivity contribution in [2.24, 2.45) is 0 Å². The Bertz CT molecular complexity index is 602. The van der Waals surface area contributed by atoms with E-state index in [1.807, 2.05) is 13.2 Å². The highest BCUT2D eigenvalue weighted by Gasteiger charge is 2.38. The van der Waals surface area contributed by atoms with Gasteiger partial charge < -0.3 is 10.1 Å². The van der Waals surface area contributed by atoms with Gasteiger partial charge in [-0.15, -0.1) is 0 Å². The van der Waals surface area contributed by atoms with E-state index in [-0.39, 0.29) is 5.72 Å². The summed E-state index contributed by atoms with van der Waals surface area (Å²) in [4.78, 5) is 2.54. The molecule has 3 heteroatoms. The predicted molar refractivity (Wildman–Crippen MR) is 95.4 cm³/mol. The molecule has 1 aliphatic heterocycles. The van der Waals surface area contributed by atoms with Crippen LogP contribution in [0.25, 0.3) is 0 Å². The average molecular weight is 310 g/mol. The molecule has 1 N–H and O–H groups in total. The van der Waals surface area contributed by atoms with E-state index in [0.717, 1.165) is 31.6 Å². The minimum atomic E-state index is -0.270. The van der Waals surface area contributed by atoms with Crippen molar-refractivity contribution >= 4 is 5.69 Å². The van der Waals surface area contributed by atoms with E-state index in [1.54, 1.807) is 0 Å². The summed E-state index contributed by atoms with van der Waals surface area (Å²) >= 11 is 0. The van der Waals surface area contributed by atoms with Crippen molar-refractivity contribution in [2.75, 3.05) is 19.0 Å². The lowest BCUT2D eigenvalue weighted by molar-refractivity contribution is -0.0557. The molecule has 2 aromatic carbocycles. The summed E-state index contributed by atoms with van der Waals surface area (Å²) in [7, 11) is 1.81. The fourth-order valence-electron chi connectivity index (χ4n) is 3.44. The molecular formula is C20H26N2O. The predicted octanol–water partition coefficient (Wildman–Crippen LogP) is 4.13. The van der Waals surface area contributed by atoms with Crippen LogP contribution in [0.4, 0.5) is 5.69 Å². The van der Waals surface area contributed by atoms with E-state index >= 15 is 0 Å². The zero-order valence-electron chi connectivity index (χ0n) is 14.0. The van der Waals surface area contributed by atoms with Crippen LogP contribution < -0.4 is 5.32 Å². The molecule has 0 aromatic heterocycles. The van der Waals surface area contributed by atoms with E-state index in [0.29, 0.717) is 6.04 Å². The normalized spacial score (nSPS) is 25.2. The number of hydrogen-bond acceptors (Lipinski definition) is 3. The molecule has 1 aliphatic rings. The van der Waals surface area contributed by atoms with Gasteiger partial charge in [0.05, 0.1) is 0 Å². The number of nitrogens with zero attached hydrogens (tertiary/aromatic N) is 1. The topological polar surface area (TPSA) is 24.5 Å². The Labute approximate surface area is 139 Å². The van der Waals surface area contributed by atoms with E-state index in [9.17, 15) is 0 Å². The van der Waals surface area contributed by atoms with Gasteiger partial charge in [-0.2, -0.15) is 0 Å². The summed E-state index contributed by atoms with van der Waals surface area (Å²) in [6.45, 7) is 4.33. The minimum Gasteiger partial charge on any atom is -0.359 e. The highest BCUT2D eigenvalue weighted by atomic mass is 16.5. The first-order valence-electron chi connectivity index (χ1n) is 8.37. The molecule has 0 radical (unpaired) electrons. The number of ether oxygens (including phenoxy) is 1. The summed E-state index contributed by atoms with van der Waals surface area (Å²) in [5.74, 6) is 0. The molecule has 122 valence electrons. The molecule has 2 unspecified atom stereocenters. The van der Waals surface area contributed by atoms with Crippen molar-refractivity contribution in [3.8, 4) is 0 Å². The SMILES string of the molecule is COC1(Nc2ccccc2)CCN(Cc2ccccc2)C(C)C1. The van der Waals surface area contributed by atoms with Gasteiger partial charge in [-0.1, -0.05) is 48.5 Å². The summed E-state index contributed by atoms with van der Waals surface area (Å²) < 4.78 is 5.91. The largest absolute Gasteiger partial charge is 0.359 e. The zero-order chi connectivity index (χ0) is 16.1. The molecule has 3 rings (SSSR count). The van der Waals surface area contributed by atoms with Crippen molar-refractivity contribution < 1.29 is 4.74 Å². The first kappa shape index (κ1) is 16.0. The van der Waals surface area contributed by atoms with Gasteiger partial charge in [-0.05, 0) is 24.6 Å². The number of methoxy groups -OCH3 is 1. The van der Waals surface area contributed by atoms with Crippen LogP contribution in [0, 0.1) is 0 Å². The van der Waals surface area contributed by atoms with Gasteiger partial charge in [0.15, 0.2) is 0 Å². The Morgan fingerprint density at radius 2 is 1.74 bits per heavy atom. The van der Waals surface area contributed by atoms with Crippen LogP contribution in [-0.4, -0.2) is 30.3 Å². The van der Waals surface area contributed by atoms with Gasteiger partial charge in [0.25, 0.3) is 0 Å². The van der Waals surface area contributed by atoms with Crippen molar-refractivity contribution in [1.82, 2.24) is 4.90 Å². The van der Waals surface area contributed by atoms with Crippen LogP contribution in [0.5, 0.6) is 0 Å². The molecule has 3 nitrogen and oxygen atoms in total. The van der Waals surface area contributed by atoms with Crippen molar-refractivity contribution in [1.29, 1.82) is 0 Å². The van der Waals surface area contributed by atoms with Gasteiger partial charge >= 0.3 is 0 Å². The average Bonchev–Trinajstić information content (AvgIpc) is 2.59. The number of anilines is 1. The van der Waals surface area contributed by atoms with Crippen LogP contribution >= 0.6 is 0 Å². The maximum atomic E-state index is 5.91. The number of rotatable bonds is 5. The fourth-order valence-corrected chi connectivity index (χ4v) is 3.44. The van der Waals surface area contributed by atoms with Crippen LogP contribution in [0.15, 0.2) is 60.7 Å². The first-order valence-corrected chi connectivity index (χ1v) is 8.37. The quantitative estimate of drug-likeness (QED) is 0.841. The van der Waals surface area contributed by atoms with Gasteiger partial charge in [0, 0.05) is 44.8 Å². The van der Waals surface area contributed by atoms with E-state index < -0.39 is 0 Å². The summed E-state index contributed by atoms with van der Waals surface area (Å²) in [5, 5.41) is 3.61. The third-order valence-electron chi connectivity index (χ3n) is 4.82. The highest BCUT2D eigenvalue weighted by Crippen LogP contribution is 2.32. The van der Waals surface area contributed by atoms with Gasteiger partial charge in [-0.25, -0.2) is 0 Å². The molecule has 1 fully saturated rings. The first-order chi connectivity index (χ1) is 11.2. The maximum Gasteiger partial charge on any atom is 0.141 e. The van der Waals surface area contributed by atoms with Crippen LogP contribution in [0.2, 0.25) is 0 Å². The van der Waals surface area contributed by atoms with Crippen molar-refractivity contribution in [3.63, 3.8) is 0 Å². The van der Waals surface area contributed by atoms with Gasteiger partial charge in [0.1, 0.15) is 5.72 Å². The second-order valence-corrected chi connectivity index (χ2v) is 6.45. The molecule has 2 aromatic rings. The van der Waals surface area contributed by atoms with Crippen molar-refractivity contribution in [3.05, 3.63) is 66.2 Å². The summed E-state index contributed by atoms with van der Waals surface area (Å²) in [5.41, 5.74) is 2.23. The number of nitrogens with one attached hydrogen (secondary N) is 1. The molecule has 0 saturated carbocycles. The Hall–Kier alpha value is -1.84. The standard InChI is InChI=1S/C20H26N2O/c1-17-15-20(23-2,21-19-11-7-4-8-12-19)13-14-22(17)16-18-9-5-3-6-10-18/h3-12,17,21H,13-16H2,1-2H3. The molecule has 1 heterocycles. The lowest BCUT2D eigenvalue weighted by Gasteiger charge is -2.45. The van der Waals surface area contributed by atoms with E-state index in [1.165, 1.54) is 5.56 Å². The highest BCUT2D eigenvalue weighted by molar-refractivity contribution is 5.44. The third kappa shape index (κ3) is 3.92. The Morgan fingerprint density at radius 1 is 1.09 bits per heavy atom. The third-order valence-corrected chi connectivity index (χ3v) is 4.82. The van der Waals surface area contributed by atoms with Gasteiger partial charge in [-0.3, -0.25) is 4.90 Å². The number of para-hydroxylation sites is 1. The maximum absolute atomic E-state index is 5.91. The minimum absolute atomic E-state index is 0.270. The summed E-state index contributed by atoms with van der Waals surface area (Å²) in [6, 6.07) is 21.5. The number of piperidine rings is 1. The number of likely N-dealkylation sites (tertiary alicyclic amines) is 1. The van der Waals surface area contributed by atoms with Crippen LogP contribution in [0.1, 0.15) is 25.3 Å². The van der Waals surface area contributed by atoms with Gasteiger partial charge in [0.2, 0.25) is 0 Å². The second kappa shape index (κ2) is 7.16. The fraction of sp³-hybridized carbons (Fsp3) is 0.400. The van der Waals surface area contributed by atoms with E-state index in [2.05, 4.69) is 71.7 Å².